The van der Waals surface area contributed by atoms with Crippen LogP contribution in [0.25, 0.3) is 0 Å². The maximum atomic E-state index is 12.5. The van der Waals surface area contributed by atoms with Gasteiger partial charge in [-0.05, 0) is 37.9 Å². The molecule has 1 fully saturated rings. The molecule has 0 bridgehead atoms. The van der Waals surface area contributed by atoms with E-state index in [1.165, 1.54) is 22.7 Å². The Hall–Kier alpha value is -0.470. The zero-order valence-electron chi connectivity index (χ0n) is 11.7. The Balaban J connectivity index is 2.11. The molecule has 7 heteroatoms. The van der Waals surface area contributed by atoms with Crippen LogP contribution in [0.1, 0.15) is 30.6 Å². The molecule has 0 atom stereocenters. The van der Waals surface area contributed by atoms with Crippen LogP contribution in [0.5, 0.6) is 0 Å². The van der Waals surface area contributed by atoms with Crippen molar-refractivity contribution in [3.8, 4) is 0 Å². The topological polar surface area (TPSA) is 83.6 Å². The summed E-state index contributed by atoms with van der Waals surface area (Å²) in [4.78, 5) is 0.971. The molecule has 0 unspecified atom stereocenters. The molecule has 1 aliphatic carbocycles. The molecule has 0 amide bonds. The van der Waals surface area contributed by atoms with E-state index in [1.807, 2.05) is 6.07 Å². The molecule has 114 valence electrons. The van der Waals surface area contributed by atoms with E-state index in [0.717, 1.165) is 17.7 Å². The van der Waals surface area contributed by atoms with Crippen LogP contribution in [-0.2, 0) is 16.4 Å². The van der Waals surface area contributed by atoms with E-state index in [4.69, 9.17) is 5.73 Å². The van der Waals surface area contributed by atoms with Gasteiger partial charge in [0.05, 0.1) is 5.60 Å². The van der Waals surface area contributed by atoms with Crippen LogP contribution in [0.2, 0.25) is 0 Å². The van der Waals surface area contributed by atoms with Gasteiger partial charge in [0.15, 0.2) is 0 Å². The maximum Gasteiger partial charge on any atom is 0.252 e. The highest BCUT2D eigenvalue weighted by atomic mass is 32.2. The van der Waals surface area contributed by atoms with Crippen LogP contribution < -0.4 is 5.73 Å². The maximum absolute atomic E-state index is 12.5. The molecule has 1 aliphatic rings. The van der Waals surface area contributed by atoms with E-state index in [0.29, 0.717) is 30.0 Å². The average Bonchev–Trinajstić information content (AvgIpc) is 2.99. The molecular weight excluding hydrogens is 296 g/mol. The highest BCUT2D eigenvalue weighted by Crippen LogP contribution is 2.32. The molecule has 0 aromatic carbocycles. The molecule has 1 aromatic heterocycles. The zero-order chi connectivity index (χ0) is 14.8. The van der Waals surface area contributed by atoms with E-state index in [-0.39, 0.29) is 6.54 Å². The number of nitrogens with zero attached hydrogens (tertiary/aromatic N) is 1. The lowest BCUT2D eigenvalue weighted by atomic mass is 10.0. The SMILES string of the molecule is CN(CC1(O)CCCC1)S(=O)(=O)c1ccc(CCN)s1. The Morgan fingerprint density at radius 1 is 1.40 bits per heavy atom. The first kappa shape index (κ1) is 15.9. The van der Waals surface area contributed by atoms with Gasteiger partial charge in [-0.2, -0.15) is 4.31 Å². The summed E-state index contributed by atoms with van der Waals surface area (Å²) in [6.07, 6.45) is 3.97. The fourth-order valence-electron chi connectivity index (χ4n) is 2.62. The van der Waals surface area contributed by atoms with Gasteiger partial charge in [0, 0.05) is 18.5 Å². The highest BCUT2D eigenvalue weighted by molar-refractivity contribution is 7.91. The van der Waals surface area contributed by atoms with Crippen LogP contribution in [0.15, 0.2) is 16.3 Å². The summed E-state index contributed by atoms with van der Waals surface area (Å²) in [5.74, 6) is 0. The summed E-state index contributed by atoms with van der Waals surface area (Å²) in [5, 5.41) is 10.3. The number of likely N-dealkylation sites (N-methyl/N-ethyl adjacent to an activating group) is 1. The van der Waals surface area contributed by atoms with Gasteiger partial charge in [-0.25, -0.2) is 8.42 Å². The fourth-order valence-corrected chi connectivity index (χ4v) is 5.45. The number of thiophene rings is 1. The summed E-state index contributed by atoms with van der Waals surface area (Å²) in [6.45, 7) is 0.676. The first-order valence-electron chi connectivity index (χ1n) is 6.85. The van der Waals surface area contributed by atoms with E-state index in [2.05, 4.69) is 0 Å². The van der Waals surface area contributed by atoms with Gasteiger partial charge >= 0.3 is 0 Å². The molecule has 3 N–H and O–H groups in total. The van der Waals surface area contributed by atoms with Crippen molar-refractivity contribution < 1.29 is 13.5 Å². The van der Waals surface area contributed by atoms with Crippen molar-refractivity contribution in [2.45, 2.75) is 41.9 Å². The summed E-state index contributed by atoms with van der Waals surface area (Å²) >= 11 is 1.26. The predicted octanol–water partition coefficient (Wildman–Crippen LogP) is 1.17. The molecule has 0 aliphatic heterocycles. The third kappa shape index (κ3) is 3.40. The predicted molar refractivity (Wildman–Crippen MR) is 80.3 cm³/mol. The molecule has 1 aromatic rings. The number of nitrogens with two attached hydrogens (primary N) is 1. The molecule has 1 saturated carbocycles. The van der Waals surface area contributed by atoms with Crippen molar-refractivity contribution in [3.05, 3.63) is 17.0 Å². The van der Waals surface area contributed by atoms with Gasteiger partial charge in [-0.3, -0.25) is 0 Å². The van der Waals surface area contributed by atoms with Gasteiger partial charge in [0.25, 0.3) is 10.0 Å². The van der Waals surface area contributed by atoms with Gasteiger partial charge in [-0.1, -0.05) is 12.8 Å². The minimum absolute atomic E-state index is 0.166. The molecule has 0 radical (unpaired) electrons. The molecule has 1 heterocycles. The van der Waals surface area contributed by atoms with E-state index >= 15 is 0 Å². The Bertz CT molecular complexity index is 548. The lowest BCUT2D eigenvalue weighted by molar-refractivity contribution is 0.0334. The number of hydrogen-bond acceptors (Lipinski definition) is 5. The monoisotopic (exact) mass is 318 g/mol. The molecule has 20 heavy (non-hydrogen) atoms. The van der Waals surface area contributed by atoms with Crippen LogP contribution >= 0.6 is 11.3 Å². The minimum Gasteiger partial charge on any atom is -0.389 e. The Labute approximate surface area is 124 Å². The molecule has 2 rings (SSSR count). The number of hydrogen-bond donors (Lipinski definition) is 2. The molecular formula is C13H22N2O3S2. The van der Waals surface area contributed by atoms with Crippen LogP contribution in [0.4, 0.5) is 0 Å². The Morgan fingerprint density at radius 2 is 2.05 bits per heavy atom. The third-order valence-corrected chi connectivity index (χ3v) is 7.16. The zero-order valence-corrected chi connectivity index (χ0v) is 13.3. The number of rotatable bonds is 6. The third-order valence-electron chi connectivity index (χ3n) is 3.74. The average molecular weight is 318 g/mol. The quantitative estimate of drug-likeness (QED) is 0.825. The summed E-state index contributed by atoms with van der Waals surface area (Å²) in [7, 11) is -1.98. The molecule has 0 saturated heterocycles. The van der Waals surface area contributed by atoms with Crippen LogP contribution in [0.3, 0.4) is 0 Å². The summed E-state index contributed by atoms with van der Waals surface area (Å²) in [5.41, 5.74) is 4.62. The second kappa shape index (κ2) is 6.11. The van der Waals surface area contributed by atoms with E-state index in [1.54, 1.807) is 6.07 Å². The number of sulfonamides is 1. The molecule has 0 spiro atoms. The van der Waals surface area contributed by atoms with Crippen molar-refractivity contribution in [1.29, 1.82) is 0 Å². The van der Waals surface area contributed by atoms with Gasteiger partial charge in [0.2, 0.25) is 0 Å². The standard InChI is InChI=1S/C13H22N2O3S2/c1-15(10-13(16)7-2-3-8-13)20(17,18)12-5-4-11(19-12)6-9-14/h4-5,16H,2-3,6-10,14H2,1H3. The smallest absolute Gasteiger partial charge is 0.252 e. The summed E-state index contributed by atoms with van der Waals surface area (Å²) < 4.78 is 26.5. The summed E-state index contributed by atoms with van der Waals surface area (Å²) in [6, 6.07) is 3.43. The fraction of sp³-hybridized carbons (Fsp3) is 0.692. The van der Waals surface area contributed by atoms with Crippen molar-refractivity contribution in [2.75, 3.05) is 20.1 Å². The number of aliphatic hydroxyl groups is 1. The van der Waals surface area contributed by atoms with Crippen LogP contribution in [-0.4, -0.2) is 43.6 Å². The second-order valence-electron chi connectivity index (χ2n) is 5.45. The lowest BCUT2D eigenvalue weighted by Gasteiger charge is -2.27. The minimum atomic E-state index is -3.51. The first-order valence-corrected chi connectivity index (χ1v) is 9.11. The Kier molecular flexibility index (Phi) is 4.86. The largest absolute Gasteiger partial charge is 0.389 e. The van der Waals surface area contributed by atoms with Gasteiger partial charge in [-0.15, -0.1) is 11.3 Å². The van der Waals surface area contributed by atoms with E-state index in [9.17, 15) is 13.5 Å². The van der Waals surface area contributed by atoms with Crippen LogP contribution in [0, 0.1) is 0 Å². The van der Waals surface area contributed by atoms with Crippen molar-refractivity contribution >= 4 is 21.4 Å². The van der Waals surface area contributed by atoms with Crippen molar-refractivity contribution in [2.24, 2.45) is 5.73 Å². The van der Waals surface area contributed by atoms with Crippen molar-refractivity contribution in [3.63, 3.8) is 0 Å². The van der Waals surface area contributed by atoms with Crippen molar-refractivity contribution in [1.82, 2.24) is 4.31 Å². The Morgan fingerprint density at radius 3 is 2.65 bits per heavy atom. The second-order valence-corrected chi connectivity index (χ2v) is 8.89. The van der Waals surface area contributed by atoms with E-state index < -0.39 is 15.6 Å². The molecule has 5 nitrogen and oxygen atoms in total. The lowest BCUT2D eigenvalue weighted by Crippen LogP contribution is -2.41. The highest BCUT2D eigenvalue weighted by Gasteiger charge is 2.36. The van der Waals surface area contributed by atoms with Gasteiger partial charge in [0.1, 0.15) is 4.21 Å². The van der Waals surface area contributed by atoms with Gasteiger partial charge < -0.3 is 10.8 Å². The normalized spacial score (nSPS) is 18.8. The first-order chi connectivity index (χ1) is 9.37.